The van der Waals surface area contributed by atoms with E-state index in [2.05, 4.69) is 11.3 Å². The molecular weight excluding hydrogens is 180 g/mol. The Morgan fingerprint density at radius 2 is 2.00 bits per heavy atom. The standard InChI is InChI=1S/C11H20O3/c1-3-4-5-6-7-8-9-11(12)14-10-13-2/h3H,1,4-10H2,2H3. The minimum atomic E-state index is -0.171. The van der Waals surface area contributed by atoms with E-state index in [9.17, 15) is 4.79 Å². The summed E-state index contributed by atoms with van der Waals surface area (Å²) in [5, 5.41) is 0. The third kappa shape index (κ3) is 9.26. The summed E-state index contributed by atoms with van der Waals surface area (Å²) in [6.45, 7) is 3.72. The predicted molar refractivity (Wildman–Crippen MR) is 55.9 cm³/mol. The number of carbonyl (C=O) groups excluding carboxylic acids is 1. The maximum absolute atomic E-state index is 11.0. The van der Waals surface area contributed by atoms with Gasteiger partial charge in [0.1, 0.15) is 0 Å². The molecule has 82 valence electrons. The van der Waals surface area contributed by atoms with Gasteiger partial charge in [0, 0.05) is 13.5 Å². The highest BCUT2D eigenvalue weighted by Crippen LogP contribution is 2.06. The van der Waals surface area contributed by atoms with E-state index in [4.69, 9.17) is 4.74 Å². The van der Waals surface area contributed by atoms with Crippen LogP contribution in [0, 0.1) is 0 Å². The monoisotopic (exact) mass is 200 g/mol. The molecule has 0 bridgehead atoms. The molecule has 0 aromatic carbocycles. The minimum Gasteiger partial charge on any atom is -0.438 e. The molecule has 0 aromatic heterocycles. The van der Waals surface area contributed by atoms with E-state index in [0.717, 1.165) is 32.1 Å². The molecule has 0 aromatic rings. The van der Waals surface area contributed by atoms with Gasteiger partial charge in [-0.1, -0.05) is 18.9 Å². The summed E-state index contributed by atoms with van der Waals surface area (Å²) >= 11 is 0. The predicted octanol–water partition coefficient (Wildman–Crippen LogP) is 2.66. The van der Waals surface area contributed by atoms with Crippen molar-refractivity contribution in [3.8, 4) is 0 Å². The summed E-state index contributed by atoms with van der Waals surface area (Å²) in [6.07, 6.45) is 7.79. The second-order valence-corrected chi connectivity index (χ2v) is 3.16. The lowest BCUT2D eigenvalue weighted by atomic mass is 10.1. The lowest BCUT2D eigenvalue weighted by Crippen LogP contribution is -2.06. The summed E-state index contributed by atoms with van der Waals surface area (Å²) in [5.74, 6) is -0.171. The largest absolute Gasteiger partial charge is 0.438 e. The average Bonchev–Trinajstić information content (AvgIpc) is 2.20. The maximum Gasteiger partial charge on any atom is 0.307 e. The van der Waals surface area contributed by atoms with Crippen LogP contribution in [-0.2, 0) is 14.3 Å². The summed E-state index contributed by atoms with van der Waals surface area (Å²) in [7, 11) is 1.50. The SMILES string of the molecule is C=CCCCCCCC(=O)OCOC. The Balaban J connectivity index is 3.10. The van der Waals surface area contributed by atoms with Crippen molar-refractivity contribution < 1.29 is 14.3 Å². The molecular formula is C11H20O3. The number of unbranched alkanes of at least 4 members (excludes halogenated alkanes) is 4. The number of ether oxygens (including phenoxy) is 2. The highest BCUT2D eigenvalue weighted by molar-refractivity contribution is 5.69. The molecule has 0 aliphatic carbocycles. The van der Waals surface area contributed by atoms with Crippen LogP contribution in [0.4, 0.5) is 0 Å². The number of allylic oxidation sites excluding steroid dienone is 1. The van der Waals surface area contributed by atoms with Crippen molar-refractivity contribution in [3.63, 3.8) is 0 Å². The molecule has 0 aliphatic heterocycles. The van der Waals surface area contributed by atoms with Gasteiger partial charge >= 0.3 is 5.97 Å². The van der Waals surface area contributed by atoms with Gasteiger partial charge in [-0.2, -0.15) is 0 Å². The zero-order chi connectivity index (χ0) is 10.6. The Bertz CT molecular complexity index is 155. The van der Waals surface area contributed by atoms with E-state index in [1.807, 2.05) is 6.08 Å². The molecule has 0 heterocycles. The number of methoxy groups -OCH3 is 1. The second-order valence-electron chi connectivity index (χ2n) is 3.16. The van der Waals surface area contributed by atoms with Gasteiger partial charge in [0.25, 0.3) is 0 Å². The first-order valence-electron chi connectivity index (χ1n) is 5.06. The van der Waals surface area contributed by atoms with Crippen molar-refractivity contribution in [3.05, 3.63) is 12.7 Å². The smallest absolute Gasteiger partial charge is 0.307 e. The maximum atomic E-state index is 11.0. The zero-order valence-electron chi connectivity index (χ0n) is 8.96. The topological polar surface area (TPSA) is 35.5 Å². The fraction of sp³-hybridized carbons (Fsp3) is 0.727. The molecule has 0 rings (SSSR count). The summed E-state index contributed by atoms with van der Waals surface area (Å²) in [5.41, 5.74) is 0. The number of hydrogen-bond acceptors (Lipinski definition) is 3. The van der Waals surface area contributed by atoms with E-state index in [0.29, 0.717) is 6.42 Å². The van der Waals surface area contributed by atoms with Crippen molar-refractivity contribution in [1.82, 2.24) is 0 Å². The van der Waals surface area contributed by atoms with Crippen molar-refractivity contribution in [2.75, 3.05) is 13.9 Å². The van der Waals surface area contributed by atoms with Crippen LogP contribution in [0.5, 0.6) is 0 Å². The van der Waals surface area contributed by atoms with Crippen LogP contribution in [0.15, 0.2) is 12.7 Å². The van der Waals surface area contributed by atoms with E-state index < -0.39 is 0 Å². The molecule has 14 heavy (non-hydrogen) atoms. The molecule has 0 atom stereocenters. The summed E-state index contributed by atoms with van der Waals surface area (Å²) in [6, 6.07) is 0. The van der Waals surface area contributed by atoms with Gasteiger partial charge in [-0.25, -0.2) is 0 Å². The third-order valence-electron chi connectivity index (χ3n) is 1.88. The Labute approximate surface area is 86.1 Å². The average molecular weight is 200 g/mol. The number of rotatable bonds is 9. The molecule has 0 saturated carbocycles. The van der Waals surface area contributed by atoms with Crippen LogP contribution in [0.25, 0.3) is 0 Å². The molecule has 0 radical (unpaired) electrons. The lowest BCUT2D eigenvalue weighted by molar-refractivity contribution is -0.154. The fourth-order valence-electron chi connectivity index (χ4n) is 1.11. The van der Waals surface area contributed by atoms with Gasteiger partial charge in [-0.15, -0.1) is 6.58 Å². The molecule has 0 N–H and O–H groups in total. The van der Waals surface area contributed by atoms with Gasteiger partial charge in [-0.3, -0.25) is 4.79 Å². The Morgan fingerprint density at radius 3 is 2.64 bits per heavy atom. The van der Waals surface area contributed by atoms with Crippen LogP contribution in [-0.4, -0.2) is 19.9 Å². The molecule has 0 spiro atoms. The van der Waals surface area contributed by atoms with Crippen molar-refractivity contribution in [2.24, 2.45) is 0 Å². The molecule has 0 fully saturated rings. The molecule has 0 saturated heterocycles. The molecule has 0 amide bonds. The van der Waals surface area contributed by atoms with Crippen molar-refractivity contribution in [1.29, 1.82) is 0 Å². The first-order valence-corrected chi connectivity index (χ1v) is 5.06. The number of esters is 1. The lowest BCUT2D eigenvalue weighted by Gasteiger charge is -2.02. The zero-order valence-corrected chi connectivity index (χ0v) is 8.96. The van der Waals surface area contributed by atoms with Crippen LogP contribution in [0.3, 0.4) is 0 Å². The Morgan fingerprint density at radius 1 is 1.29 bits per heavy atom. The summed E-state index contributed by atoms with van der Waals surface area (Å²) < 4.78 is 9.36. The second kappa shape index (κ2) is 10.3. The van der Waals surface area contributed by atoms with Gasteiger partial charge < -0.3 is 9.47 Å². The van der Waals surface area contributed by atoms with E-state index >= 15 is 0 Å². The van der Waals surface area contributed by atoms with E-state index in [1.54, 1.807) is 0 Å². The van der Waals surface area contributed by atoms with Crippen LogP contribution >= 0.6 is 0 Å². The third-order valence-corrected chi connectivity index (χ3v) is 1.88. The Hall–Kier alpha value is -0.830. The molecule has 0 aliphatic rings. The fourth-order valence-corrected chi connectivity index (χ4v) is 1.11. The minimum absolute atomic E-state index is 0.0648. The molecule has 3 nitrogen and oxygen atoms in total. The number of hydrogen-bond donors (Lipinski definition) is 0. The number of carbonyl (C=O) groups is 1. The van der Waals surface area contributed by atoms with Gasteiger partial charge in [-0.05, 0) is 19.3 Å². The highest BCUT2D eigenvalue weighted by atomic mass is 16.7. The van der Waals surface area contributed by atoms with Gasteiger partial charge in [0.05, 0.1) is 0 Å². The van der Waals surface area contributed by atoms with E-state index in [1.165, 1.54) is 7.11 Å². The van der Waals surface area contributed by atoms with Crippen molar-refractivity contribution in [2.45, 2.75) is 38.5 Å². The van der Waals surface area contributed by atoms with E-state index in [-0.39, 0.29) is 12.8 Å². The Kier molecular flexibility index (Phi) is 9.64. The normalized spacial score (nSPS) is 9.79. The van der Waals surface area contributed by atoms with Crippen molar-refractivity contribution >= 4 is 5.97 Å². The first-order chi connectivity index (χ1) is 6.81. The quantitative estimate of drug-likeness (QED) is 0.248. The highest BCUT2D eigenvalue weighted by Gasteiger charge is 2.00. The van der Waals surface area contributed by atoms with Crippen LogP contribution in [0.1, 0.15) is 38.5 Å². The van der Waals surface area contributed by atoms with Gasteiger partial charge in [0.2, 0.25) is 0 Å². The first kappa shape index (κ1) is 13.2. The molecule has 3 heteroatoms. The summed E-state index contributed by atoms with van der Waals surface area (Å²) in [4.78, 5) is 11.0. The van der Waals surface area contributed by atoms with Gasteiger partial charge in [0.15, 0.2) is 6.79 Å². The van der Waals surface area contributed by atoms with Crippen LogP contribution in [0.2, 0.25) is 0 Å². The molecule has 0 unspecified atom stereocenters. The van der Waals surface area contributed by atoms with Crippen LogP contribution < -0.4 is 0 Å².